The van der Waals surface area contributed by atoms with Crippen LogP contribution in [0.3, 0.4) is 0 Å². The van der Waals surface area contributed by atoms with Crippen LogP contribution in [0, 0.1) is 6.92 Å². The second-order valence-corrected chi connectivity index (χ2v) is 10.2. The SMILES string of the molecule is COc1cccnc1NC1CN(C(=O)c2ccc(NS(=O)(=O)c3cccc4cccnc34)c(C)c2)C1. The number of amides is 1. The Morgan fingerprint density at radius 1 is 1.03 bits per heavy atom. The predicted molar refractivity (Wildman–Crippen MR) is 138 cm³/mol. The van der Waals surface area contributed by atoms with E-state index in [-0.39, 0.29) is 16.8 Å². The van der Waals surface area contributed by atoms with Gasteiger partial charge in [-0.3, -0.25) is 14.5 Å². The average molecular weight is 504 g/mol. The van der Waals surface area contributed by atoms with E-state index in [4.69, 9.17) is 4.74 Å². The molecule has 0 atom stereocenters. The van der Waals surface area contributed by atoms with Crippen LogP contribution in [0.4, 0.5) is 11.5 Å². The third-order valence-electron chi connectivity index (χ3n) is 6.10. The molecule has 2 aromatic heterocycles. The Kier molecular flexibility index (Phi) is 6.19. The molecule has 1 amide bonds. The van der Waals surface area contributed by atoms with E-state index < -0.39 is 10.0 Å². The summed E-state index contributed by atoms with van der Waals surface area (Å²) in [6.07, 6.45) is 3.25. The highest BCUT2D eigenvalue weighted by Crippen LogP contribution is 2.27. The summed E-state index contributed by atoms with van der Waals surface area (Å²) in [5.41, 5.74) is 1.95. The second kappa shape index (κ2) is 9.46. The number of benzene rings is 2. The first-order chi connectivity index (χ1) is 17.4. The van der Waals surface area contributed by atoms with Crippen LogP contribution in [-0.4, -0.2) is 55.4 Å². The quantitative estimate of drug-likeness (QED) is 0.395. The van der Waals surface area contributed by atoms with Crippen molar-refractivity contribution in [3.8, 4) is 5.75 Å². The number of carbonyl (C=O) groups excluding carboxylic acids is 1. The van der Waals surface area contributed by atoms with Crippen LogP contribution in [0.15, 0.2) is 78.0 Å². The van der Waals surface area contributed by atoms with Crippen molar-refractivity contribution in [1.82, 2.24) is 14.9 Å². The number of nitrogens with zero attached hydrogens (tertiary/aromatic N) is 3. The highest BCUT2D eigenvalue weighted by molar-refractivity contribution is 7.93. The molecule has 1 fully saturated rings. The topological polar surface area (TPSA) is 114 Å². The van der Waals surface area contributed by atoms with E-state index in [1.165, 1.54) is 6.07 Å². The fourth-order valence-corrected chi connectivity index (χ4v) is 5.49. The van der Waals surface area contributed by atoms with Gasteiger partial charge in [-0.25, -0.2) is 13.4 Å². The number of methoxy groups -OCH3 is 1. The first-order valence-electron chi connectivity index (χ1n) is 11.4. The van der Waals surface area contributed by atoms with E-state index in [9.17, 15) is 13.2 Å². The van der Waals surface area contributed by atoms with Crippen molar-refractivity contribution < 1.29 is 17.9 Å². The maximum absolute atomic E-state index is 13.1. The normalized spacial score (nSPS) is 13.8. The molecular weight excluding hydrogens is 478 g/mol. The lowest BCUT2D eigenvalue weighted by Gasteiger charge is -2.40. The number of likely N-dealkylation sites (tertiary alicyclic amines) is 1. The maximum atomic E-state index is 13.1. The fourth-order valence-electron chi connectivity index (χ4n) is 4.18. The van der Waals surface area contributed by atoms with Crippen molar-refractivity contribution >= 4 is 38.3 Å². The first kappa shape index (κ1) is 23.6. The molecule has 0 aliphatic carbocycles. The number of anilines is 2. The minimum absolute atomic E-state index is 0.0687. The fraction of sp³-hybridized carbons (Fsp3) is 0.192. The molecule has 1 aliphatic rings. The second-order valence-electron chi connectivity index (χ2n) is 8.57. The van der Waals surface area contributed by atoms with Gasteiger partial charge in [0, 0.05) is 36.4 Å². The Hall–Kier alpha value is -4.18. The van der Waals surface area contributed by atoms with Gasteiger partial charge in [-0.05, 0) is 55.0 Å². The lowest BCUT2D eigenvalue weighted by Crippen LogP contribution is -2.57. The lowest BCUT2D eigenvalue weighted by molar-refractivity contribution is 0.0624. The van der Waals surface area contributed by atoms with Gasteiger partial charge in [0.25, 0.3) is 15.9 Å². The molecule has 0 bridgehead atoms. The summed E-state index contributed by atoms with van der Waals surface area (Å²) < 4.78 is 34.2. The molecule has 0 radical (unpaired) electrons. The van der Waals surface area contributed by atoms with Crippen LogP contribution in [0.1, 0.15) is 15.9 Å². The Morgan fingerprint density at radius 2 is 1.78 bits per heavy atom. The molecule has 0 spiro atoms. The zero-order chi connectivity index (χ0) is 25.3. The number of rotatable bonds is 7. The number of hydrogen-bond donors (Lipinski definition) is 2. The third kappa shape index (κ3) is 4.55. The van der Waals surface area contributed by atoms with Crippen LogP contribution >= 0.6 is 0 Å². The minimum Gasteiger partial charge on any atom is -0.493 e. The molecule has 0 unspecified atom stereocenters. The number of pyridine rings is 2. The minimum atomic E-state index is -3.88. The van der Waals surface area contributed by atoms with E-state index in [2.05, 4.69) is 20.0 Å². The molecule has 3 heterocycles. The van der Waals surface area contributed by atoms with Crippen LogP contribution < -0.4 is 14.8 Å². The lowest BCUT2D eigenvalue weighted by atomic mass is 10.0. The molecule has 0 saturated carbocycles. The Balaban J connectivity index is 1.27. The number of hydrogen-bond acceptors (Lipinski definition) is 7. The van der Waals surface area contributed by atoms with Gasteiger partial charge in [-0.15, -0.1) is 0 Å². The number of para-hydroxylation sites is 1. The molecule has 1 aliphatic heterocycles. The smallest absolute Gasteiger partial charge is 0.264 e. The molecule has 10 heteroatoms. The molecule has 2 N–H and O–H groups in total. The average Bonchev–Trinajstić information content (AvgIpc) is 2.86. The highest BCUT2D eigenvalue weighted by Gasteiger charge is 2.32. The third-order valence-corrected chi connectivity index (χ3v) is 7.50. The van der Waals surface area contributed by atoms with Gasteiger partial charge in [0.2, 0.25) is 0 Å². The van der Waals surface area contributed by atoms with Crippen LogP contribution in [0.5, 0.6) is 5.75 Å². The van der Waals surface area contributed by atoms with E-state index in [1.54, 1.807) is 67.7 Å². The molecule has 9 nitrogen and oxygen atoms in total. The molecule has 5 rings (SSSR count). The first-order valence-corrected chi connectivity index (χ1v) is 12.9. The zero-order valence-corrected chi connectivity index (χ0v) is 20.6. The maximum Gasteiger partial charge on any atom is 0.264 e. The summed E-state index contributed by atoms with van der Waals surface area (Å²) >= 11 is 0. The van der Waals surface area contributed by atoms with Crippen molar-refractivity contribution in [2.45, 2.75) is 17.9 Å². The molecule has 4 aromatic rings. The number of carbonyl (C=O) groups is 1. The van der Waals surface area contributed by atoms with Crippen molar-refractivity contribution in [2.75, 3.05) is 30.2 Å². The standard InChI is InChI=1S/C26H25N5O4S/c1-17-14-19(26(32)31-15-20(16-31)29-25-22(35-2)8-5-13-28-25)10-11-21(17)30-36(33,34)23-9-3-6-18-7-4-12-27-24(18)23/h3-14,20,30H,15-16H2,1-2H3,(H,28,29). The highest BCUT2D eigenvalue weighted by atomic mass is 32.2. The van der Waals surface area contributed by atoms with Gasteiger partial charge in [-0.1, -0.05) is 18.2 Å². The van der Waals surface area contributed by atoms with E-state index in [0.29, 0.717) is 47.0 Å². The summed E-state index contributed by atoms with van der Waals surface area (Å²) in [4.78, 5) is 23.3. The van der Waals surface area contributed by atoms with Crippen LogP contribution in [0.25, 0.3) is 10.9 Å². The van der Waals surface area contributed by atoms with Crippen molar-refractivity contribution in [1.29, 1.82) is 0 Å². The monoisotopic (exact) mass is 503 g/mol. The van der Waals surface area contributed by atoms with Crippen LogP contribution in [0.2, 0.25) is 0 Å². The van der Waals surface area contributed by atoms with Gasteiger partial charge in [0.1, 0.15) is 4.90 Å². The van der Waals surface area contributed by atoms with Crippen LogP contribution in [-0.2, 0) is 10.0 Å². The molecule has 36 heavy (non-hydrogen) atoms. The van der Waals surface area contributed by atoms with Crippen molar-refractivity contribution in [3.05, 3.63) is 84.2 Å². The molecule has 1 saturated heterocycles. The Morgan fingerprint density at radius 3 is 2.56 bits per heavy atom. The summed E-state index contributed by atoms with van der Waals surface area (Å²) in [5.74, 6) is 1.18. The van der Waals surface area contributed by atoms with Gasteiger partial charge < -0.3 is 15.0 Å². The number of fused-ring (bicyclic) bond motifs is 1. The van der Waals surface area contributed by atoms with Gasteiger partial charge in [-0.2, -0.15) is 0 Å². The number of sulfonamides is 1. The molecule has 184 valence electrons. The summed E-state index contributed by atoms with van der Waals surface area (Å²) in [6.45, 7) is 2.82. The van der Waals surface area contributed by atoms with E-state index >= 15 is 0 Å². The van der Waals surface area contributed by atoms with Crippen molar-refractivity contribution in [3.63, 3.8) is 0 Å². The number of ether oxygens (including phenoxy) is 1. The molecular formula is C26H25N5O4S. The van der Waals surface area contributed by atoms with Crippen molar-refractivity contribution in [2.24, 2.45) is 0 Å². The predicted octanol–water partition coefficient (Wildman–Crippen LogP) is 3.68. The van der Waals surface area contributed by atoms with Gasteiger partial charge in [0.05, 0.1) is 24.4 Å². The van der Waals surface area contributed by atoms with E-state index in [0.717, 1.165) is 5.39 Å². The molecule has 2 aromatic carbocycles. The number of aryl methyl sites for hydroxylation is 1. The van der Waals surface area contributed by atoms with Gasteiger partial charge >= 0.3 is 0 Å². The Bertz CT molecular complexity index is 1550. The zero-order valence-electron chi connectivity index (χ0n) is 19.8. The number of nitrogens with one attached hydrogen (secondary N) is 2. The number of aromatic nitrogens is 2. The van der Waals surface area contributed by atoms with E-state index in [1.807, 2.05) is 18.2 Å². The summed E-state index contributed by atoms with van der Waals surface area (Å²) in [7, 11) is -2.29. The largest absolute Gasteiger partial charge is 0.493 e. The Labute approximate surface area is 209 Å². The van der Waals surface area contributed by atoms with Gasteiger partial charge in [0.15, 0.2) is 11.6 Å². The summed E-state index contributed by atoms with van der Waals surface area (Å²) in [5, 5.41) is 4.03. The summed E-state index contributed by atoms with van der Waals surface area (Å²) in [6, 6.07) is 17.3.